The Kier molecular flexibility index (Phi) is 7.02. The van der Waals surface area contributed by atoms with Gasteiger partial charge >= 0.3 is 0 Å². The molecule has 4 aromatic rings. The standard InChI is InChI=1S/C28H31BrN8O3S/c1-35-12-11-23-19(15-31-36(23)2)18-13-22(26(40-4)14-25(18)35)33-28-30-16-20(29)27(34-28)32-21-7-5-6-8-24(21)37(3)41(38,39)17-9-10-17/h5-8,13-17H,9-12H2,1-4H3,(H2,30,32,33,34). The van der Waals surface area contributed by atoms with Crippen molar-refractivity contribution in [2.75, 3.05) is 47.6 Å². The molecule has 0 spiro atoms. The van der Waals surface area contributed by atoms with E-state index < -0.39 is 10.0 Å². The lowest BCUT2D eigenvalue weighted by Crippen LogP contribution is -2.30. The van der Waals surface area contributed by atoms with Gasteiger partial charge < -0.3 is 20.3 Å². The van der Waals surface area contributed by atoms with Crippen LogP contribution in [-0.2, 0) is 23.5 Å². The van der Waals surface area contributed by atoms with E-state index in [0.717, 1.165) is 29.8 Å². The van der Waals surface area contributed by atoms with Crippen molar-refractivity contribution in [2.24, 2.45) is 7.05 Å². The summed E-state index contributed by atoms with van der Waals surface area (Å²) in [5, 5.41) is 10.8. The van der Waals surface area contributed by atoms with Gasteiger partial charge in [0.15, 0.2) is 0 Å². The third-order valence-corrected chi connectivity index (χ3v) is 10.4. The molecule has 3 heterocycles. The van der Waals surface area contributed by atoms with Gasteiger partial charge in [-0.25, -0.2) is 13.4 Å². The van der Waals surface area contributed by atoms with Crippen LogP contribution in [0.2, 0.25) is 0 Å². The number of aryl methyl sites for hydroxylation is 1. The number of hydrogen-bond donors (Lipinski definition) is 2. The minimum Gasteiger partial charge on any atom is -0.494 e. The highest BCUT2D eigenvalue weighted by molar-refractivity contribution is 9.10. The van der Waals surface area contributed by atoms with Gasteiger partial charge in [-0.2, -0.15) is 10.1 Å². The lowest BCUT2D eigenvalue weighted by molar-refractivity contribution is 0.417. The predicted octanol–water partition coefficient (Wildman–Crippen LogP) is 5.06. The molecular weight excluding hydrogens is 608 g/mol. The van der Waals surface area contributed by atoms with Crippen LogP contribution >= 0.6 is 15.9 Å². The Labute approximate surface area is 247 Å². The molecule has 0 saturated heterocycles. The van der Waals surface area contributed by atoms with Gasteiger partial charge in [0.25, 0.3) is 0 Å². The van der Waals surface area contributed by atoms with Crippen molar-refractivity contribution in [1.29, 1.82) is 0 Å². The molecule has 41 heavy (non-hydrogen) atoms. The second-order valence-electron chi connectivity index (χ2n) is 10.2. The largest absolute Gasteiger partial charge is 0.494 e. The van der Waals surface area contributed by atoms with Crippen molar-refractivity contribution in [3.63, 3.8) is 0 Å². The Morgan fingerprint density at radius 1 is 1.07 bits per heavy atom. The zero-order chi connectivity index (χ0) is 28.9. The lowest BCUT2D eigenvalue weighted by atomic mass is 10.0. The molecule has 1 aliphatic heterocycles. The summed E-state index contributed by atoms with van der Waals surface area (Å²) >= 11 is 3.53. The molecule has 2 aromatic carbocycles. The topological polar surface area (TPSA) is 118 Å². The van der Waals surface area contributed by atoms with E-state index in [2.05, 4.69) is 48.6 Å². The number of sulfonamides is 1. The fourth-order valence-corrected chi connectivity index (χ4v) is 6.99. The van der Waals surface area contributed by atoms with Crippen LogP contribution in [0.25, 0.3) is 11.1 Å². The number of rotatable bonds is 8. The average Bonchev–Trinajstić information content (AvgIpc) is 3.78. The minimum atomic E-state index is -3.42. The normalized spacial score (nSPS) is 14.6. The molecular formula is C28H31BrN8O3S. The van der Waals surface area contributed by atoms with Crippen LogP contribution in [-0.4, -0.2) is 61.2 Å². The minimum absolute atomic E-state index is 0.319. The van der Waals surface area contributed by atoms with Crippen LogP contribution in [0.3, 0.4) is 0 Å². The molecule has 11 nitrogen and oxygen atoms in total. The third-order valence-electron chi connectivity index (χ3n) is 7.58. The van der Waals surface area contributed by atoms with E-state index in [9.17, 15) is 8.42 Å². The molecule has 1 fully saturated rings. The van der Waals surface area contributed by atoms with Crippen molar-refractivity contribution in [1.82, 2.24) is 19.7 Å². The summed E-state index contributed by atoms with van der Waals surface area (Å²) in [6.45, 7) is 0.860. The molecule has 2 N–H and O–H groups in total. The summed E-state index contributed by atoms with van der Waals surface area (Å²) in [5.74, 6) is 1.48. The Morgan fingerprint density at radius 2 is 1.85 bits per heavy atom. The van der Waals surface area contributed by atoms with E-state index in [1.165, 1.54) is 10.00 Å². The highest BCUT2D eigenvalue weighted by atomic mass is 79.9. The number of fused-ring (bicyclic) bond motifs is 3. The number of hydrogen-bond acceptors (Lipinski definition) is 9. The number of methoxy groups -OCH3 is 1. The fraction of sp³-hybridized carbons (Fsp3) is 0.321. The van der Waals surface area contributed by atoms with Crippen LogP contribution in [0.1, 0.15) is 18.5 Å². The molecule has 2 aliphatic rings. The van der Waals surface area contributed by atoms with E-state index >= 15 is 0 Å². The Balaban J connectivity index is 1.34. The quantitative estimate of drug-likeness (QED) is 0.273. The highest BCUT2D eigenvalue weighted by Gasteiger charge is 2.39. The van der Waals surface area contributed by atoms with Crippen LogP contribution in [0.4, 0.5) is 34.5 Å². The fourth-order valence-electron chi connectivity index (χ4n) is 5.09. The van der Waals surface area contributed by atoms with E-state index in [1.54, 1.807) is 26.4 Å². The smallest absolute Gasteiger partial charge is 0.237 e. The van der Waals surface area contributed by atoms with Gasteiger partial charge in [0, 0.05) is 68.9 Å². The molecule has 0 radical (unpaired) electrons. The van der Waals surface area contributed by atoms with Crippen LogP contribution in [0.5, 0.6) is 5.75 Å². The first-order chi connectivity index (χ1) is 19.7. The molecule has 0 unspecified atom stereocenters. The van der Waals surface area contributed by atoms with Crippen LogP contribution in [0.15, 0.2) is 53.3 Å². The number of aromatic nitrogens is 4. The summed E-state index contributed by atoms with van der Waals surface area (Å²) in [6.07, 6.45) is 5.82. The first-order valence-corrected chi connectivity index (χ1v) is 15.5. The second-order valence-corrected chi connectivity index (χ2v) is 13.3. The summed E-state index contributed by atoms with van der Waals surface area (Å²) in [4.78, 5) is 11.4. The second kappa shape index (κ2) is 10.5. The van der Waals surface area contributed by atoms with Gasteiger partial charge in [-0.1, -0.05) is 12.1 Å². The maximum atomic E-state index is 12.9. The van der Waals surface area contributed by atoms with Crippen molar-refractivity contribution in [3.05, 3.63) is 59.0 Å². The van der Waals surface area contributed by atoms with Crippen LogP contribution in [0, 0.1) is 0 Å². The molecule has 1 aliphatic carbocycles. The summed E-state index contributed by atoms with van der Waals surface area (Å²) in [5.41, 5.74) is 6.22. The zero-order valence-electron chi connectivity index (χ0n) is 23.2. The molecule has 214 valence electrons. The summed E-state index contributed by atoms with van der Waals surface area (Å²) in [6, 6.07) is 11.3. The van der Waals surface area contributed by atoms with Gasteiger partial charge in [0.2, 0.25) is 16.0 Å². The lowest BCUT2D eigenvalue weighted by Gasteiger charge is -2.23. The van der Waals surface area contributed by atoms with E-state index in [1.807, 2.05) is 48.3 Å². The van der Waals surface area contributed by atoms with E-state index in [4.69, 9.17) is 9.72 Å². The number of para-hydroxylation sites is 2. The Bertz CT molecular complexity index is 1740. The van der Waals surface area contributed by atoms with Crippen molar-refractivity contribution in [3.8, 4) is 16.9 Å². The van der Waals surface area contributed by atoms with Gasteiger partial charge in [0.1, 0.15) is 11.6 Å². The van der Waals surface area contributed by atoms with Gasteiger partial charge in [0.05, 0.1) is 40.1 Å². The summed E-state index contributed by atoms with van der Waals surface area (Å²) < 4.78 is 35.5. The Morgan fingerprint density at radius 3 is 2.61 bits per heavy atom. The molecule has 6 rings (SSSR count). The van der Waals surface area contributed by atoms with Crippen LogP contribution < -0.4 is 24.6 Å². The van der Waals surface area contributed by atoms with Crippen molar-refractivity contribution in [2.45, 2.75) is 24.5 Å². The number of halogens is 1. The Hall–Kier alpha value is -3.84. The number of nitrogens with one attached hydrogen (secondary N) is 2. The first-order valence-electron chi connectivity index (χ1n) is 13.2. The molecule has 0 bridgehead atoms. The maximum Gasteiger partial charge on any atom is 0.237 e. The van der Waals surface area contributed by atoms with Gasteiger partial charge in [-0.05, 0) is 47.0 Å². The molecule has 1 saturated carbocycles. The maximum absolute atomic E-state index is 12.9. The third kappa shape index (κ3) is 5.08. The number of ether oxygens (including phenoxy) is 1. The van der Waals surface area contributed by atoms with Gasteiger partial charge in [-0.15, -0.1) is 0 Å². The molecule has 13 heteroatoms. The average molecular weight is 640 g/mol. The SMILES string of the molecule is COc1cc2c(cc1Nc1ncc(Br)c(Nc3ccccc3N(C)S(=O)(=O)C3CC3)n1)-c1cnn(C)c1CCN2C. The van der Waals surface area contributed by atoms with Gasteiger partial charge in [-0.3, -0.25) is 8.99 Å². The molecule has 0 amide bonds. The van der Waals surface area contributed by atoms with Crippen molar-refractivity contribution >= 4 is 60.5 Å². The highest BCUT2D eigenvalue weighted by Crippen LogP contribution is 2.43. The van der Waals surface area contributed by atoms with E-state index in [-0.39, 0.29) is 5.25 Å². The number of benzene rings is 2. The van der Waals surface area contributed by atoms with Crippen molar-refractivity contribution < 1.29 is 13.2 Å². The monoisotopic (exact) mass is 638 g/mol. The zero-order valence-corrected chi connectivity index (χ0v) is 25.6. The predicted molar refractivity (Wildman–Crippen MR) is 165 cm³/mol. The number of anilines is 6. The molecule has 0 atom stereocenters. The molecule has 2 aromatic heterocycles. The summed E-state index contributed by atoms with van der Waals surface area (Å²) in [7, 11) is 3.85. The van der Waals surface area contributed by atoms with E-state index in [0.29, 0.717) is 51.9 Å². The first kappa shape index (κ1) is 27.3. The number of nitrogens with zero attached hydrogens (tertiary/aromatic N) is 6. The number of likely N-dealkylation sites (N-methyl/N-ethyl adjacent to an activating group) is 1.